The van der Waals surface area contributed by atoms with Gasteiger partial charge in [-0.25, -0.2) is 4.98 Å². The minimum absolute atomic E-state index is 0.211. The lowest BCUT2D eigenvalue weighted by atomic mass is 10.0. The Balaban J connectivity index is 1.43. The molecule has 4 rings (SSSR count). The zero-order valence-corrected chi connectivity index (χ0v) is 13.5. The summed E-state index contributed by atoms with van der Waals surface area (Å²) >= 11 is 3.30. The average molecular weight is 319 g/mol. The predicted octanol–water partition coefficient (Wildman–Crippen LogP) is 2.72. The fraction of sp³-hybridized carbons (Fsp3) is 0.467. The zero-order valence-electron chi connectivity index (χ0n) is 11.9. The molecule has 2 aliphatic heterocycles. The number of anilines is 1. The number of likely N-dealkylation sites (tertiary alicyclic amines) is 1. The number of fused-ring (bicyclic) bond motifs is 1. The monoisotopic (exact) mass is 319 g/mol. The Bertz CT molecular complexity index is 638. The first-order valence-corrected chi connectivity index (χ1v) is 8.90. The minimum atomic E-state index is 0.211. The van der Waals surface area contributed by atoms with Crippen LogP contribution in [0.2, 0.25) is 0 Å². The second kappa shape index (κ2) is 5.10. The molecule has 0 saturated carbocycles. The molecule has 110 valence electrons. The first-order chi connectivity index (χ1) is 10.2. The first kappa shape index (κ1) is 13.3. The van der Waals surface area contributed by atoms with E-state index >= 15 is 0 Å². The van der Waals surface area contributed by atoms with Crippen LogP contribution in [0.25, 0.3) is 0 Å². The number of aromatic nitrogens is 1. The van der Waals surface area contributed by atoms with Crippen LogP contribution >= 0.6 is 22.7 Å². The molecule has 4 nitrogen and oxygen atoms in total. The summed E-state index contributed by atoms with van der Waals surface area (Å²) in [4.78, 5) is 23.4. The van der Waals surface area contributed by atoms with Gasteiger partial charge in [0, 0.05) is 54.5 Å². The van der Waals surface area contributed by atoms with Crippen LogP contribution in [0.15, 0.2) is 23.7 Å². The first-order valence-electron chi connectivity index (χ1n) is 7.21. The lowest BCUT2D eigenvalue weighted by Crippen LogP contribution is -2.32. The number of carbonyl (C=O) groups is 1. The van der Waals surface area contributed by atoms with Crippen molar-refractivity contribution < 1.29 is 4.79 Å². The molecule has 0 bridgehead atoms. The van der Waals surface area contributed by atoms with Gasteiger partial charge in [-0.1, -0.05) is 0 Å². The molecule has 2 aliphatic rings. The van der Waals surface area contributed by atoms with Gasteiger partial charge < -0.3 is 9.80 Å². The SMILES string of the molecule is Cc1ccc(C(=O)N2CC3CN(c4nccs4)CC3C2)s1. The smallest absolute Gasteiger partial charge is 0.263 e. The summed E-state index contributed by atoms with van der Waals surface area (Å²) in [6, 6.07) is 3.98. The quantitative estimate of drug-likeness (QED) is 0.854. The van der Waals surface area contributed by atoms with E-state index in [2.05, 4.69) is 9.88 Å². The van der Waals surface area contributed by atoms with E-state index in [1.807, 2.05) is 35.5 Å². The molecule has 2 aromatic heterocycles. The summed E-state index contributed by atoms with van der Waals surface area (Å²) in [5, 5.41) is 3.15. The van der Waals surface area contributed by atoms with Gasteiger partial charge in [0.25, 0.3) is 5.91 Å². The predicted molar refractivity (Wildman–Crippen MR) is 86.3 cm³/mol. The van der Waals surface area contributed by atoms with Crippen molar-refractivity contribution in [2.24, 2.45) is 11.8 Å². The molecule has 2 unspecified atom stereocenters. The Morgan fingerprint density at radius 2 is 2.00 bits per heavy atom. The van der Waals surface area contributed by atoms with Gasteiger partial charge in [-0.2, -0.15) is 0 Å². The maximum Gasteiger partial charge on any atom is 0.263 e. The molecular formula is C15H17N3OS2. The number of rotatable bonds is 2. The average Bonchev–Trinajstić information content (AvgIpc) is 3.20. The number of nitrogens with zero attached hydrogens (tertiary/aromatic N) is 3. The van der Waals surface area contributed by atoms with Crippen molar-refractivity contribution in [3.63, 3.8) is 0 Å². The van der Waals surface area contributed by atoms with Crippen LogP contribution < -0.4 is 4.90 Å². The summed E-state index contributed by atoms with van der Waals surface area (Å²) < 4.78 is 0. The summed E-state index contributed by atoms with van der Waals surface area (Å²) in [5.41, 5.74) is 0. The third-order valence-corrected chi connectivity index (χ3v) is 6.24. The van der Waals surface area contributed by atoms with Crippen LogP contribution in [0.3, 0.4) is 0 Å². The van der Waals surface area contributed by atoms with Gasteiger partial charge in [-0.3, -0.25) is 4.79 Å². The molecule has 1 amide bonds. The Labute approximate surface area is 132 Å². The Kier molecular flexibility index (Phi) is 3.23. The van der Waals surface area contributed by atoms with Gasteiger partial charge in [-0.05, 0) is 19.1 Å². The number of carbonyl (C=O) groups excluding carboxylic acids is 1. The molecule has 2 aromatic rings. The topological polar surface area (TPSA) is 36.4 Å². The van der Waals surface area contributed by atoms with Crippen LogP contribution in [-0.2, 0) is 0 Å². The largest absolute Gasteiger partial charge is 0.347 e. The van der Waals surface area contributed by atoms with Crippen LogP contribution in [-0.4, -0.2) is 42.0 Å². The number of hydrogen-bond donors (Lipinski definition) is 0. The molecule has 6 heteroatoms. The van der Waals surface area contributed by atoms with Crippen LogP contribution in [0.5, 0.6) is 0 Å². The fourth-order valence-corrected chi connectivity index (χ4v) is 4.89. The third-order valence-electron chi connectivity index (χ3n) is 4.41. The minimum Gasteiger partial charge on any atom is -0.347 e. The van der Waals surface area contributed by atoms with Crippen LogP contribution in [0, 0.1) is 18.8 Å². The molecule has 0 aliphatic carbocycles. The van der Waals surface area contributed by atoms with E-state index in [0.29, 0.717) is 11.8 Å². The highest BCUT2D eigenvalue weighted by atomic mass is 32.1. The van der Waals surface area contributed by atoms with E-state index in [1.54, 1.807) is 22.7 Å². The number of amides is 1. The molecule has 0 N–H and O–H groups in total. The standard InChI is InChI=1S/C15H17N3OS2/c1-10-2-3-13(21-10)14(19)17-6-11-8-18(9-12(11)7-17)15-16-4-5-20-15/h2-5,11-12H,6-9H2,1H3. The zero-order chi connectivity index (χ0) is 14.4. The van der Waals surface area contributed by atoms with Crippen molar-refractivity contribution in [2.45, 2.75) is 6.92 Å². The van der Waals surface area contributed by atoms with E-state index in [1.165, 1.54) is 4.88 Å². The molecule has 4 heterocycles. The third kappa shape index (κ3) is 2.36. The molecule has 2 atom stereocenters. The highest BCUT2D eigenvalue weighted by Crippen LogP contribution is 2.35. The molecular weight excluding hydrogens is 302 g/mol. The lowest BCUT2D eigenvalue weighted by molar-refractivity contribution is 0.0787. The van der Waals surface area contributed by atoms with Crippen molar-refractivity contribution in [1.82, 2.24) is 9.88 Å². The number of thiazole rings is 1. The lowest BCUT2D eigenvalue weighted by Gasteiger charge is -2.20. The number of hydrogen-bond acceptors (Lipinski definition) is 5. The van der Waals surface area contributed by atoms with Crippen molar-refractivity contribution in [1.29, 1.82) is 0 Å². The van der Waals surface area contributed by atoms with Crippen molar-refractivity contribution in [3.05, 3.63) is 33.5 Å². The Hall–Kier alpha value is -1.40. The van der Waals surface area contributed by atoms with Crippen molar-refractivity contribution in [3.8, 4) is 0 Å². The highest BCUT2D eigenvalue weighted by Gasteiger charge is 2.42. The maximum absolute atomic E-state index is 12.5. The van der Waals surface area contributed by atoms with E-state index in [9.17, 15) is 4.79 Å². The van der Waals surface area contributed by atoms with Crippen LogP contribution in [0.1, 0.15) is 14.5 Å². The van der Waals surface area contributed by atoms with Crippen molar-refractivity contribution >= 4 is 33.7 Å². The van der Waals surface area contributed by atoms with Gasteiger partial charge in [0.05, 0.1) is 4.88 Å². The number of aryl methyl sites for hydroxylation is 1. The summed E-state index contributed by atoms with van der Waals surface area (Å²) in [5.74, 6) is 1.40. The van der Waals surface area contributed by atoms with Gasteiger partial charge in [0.2, 0.25) is 0 Å². The van der Waals surface area contributed by atoms with E-state index in [-0.39, 0.29) is 5.91 Å². The molecule has 0 aromatic carbocycles. The van der Waals surface area contributed by atoms with Crippen molar-refractivity contribution in [2.75, 3.05) is 31.1 Å². The second-order valence-corrected chi connectivity index (χ2v) is 8.02. The van der Waals surface area contributed by atoms with Gasteiger partial charge >= 0.3 is 0 Å². The van der Waals surface area contributed by atoms with E-state index in [0.717, 1.165) is 36.2 Å². The molecule has 2 saturated heterocycles. The second-order valence-electron chi connectivity index (χ2n) is 5.86. The summed E-state index contributed by atoms with van der Waals surface area (Å²) in [6.45, 7) is 5.90. The number of thiophene rings is 1. The highest BCUT2D eigenvalue weighted by molar-refractivity contribution is 7.14. The van der Waals surface area contributed by atoms with Gasteiger partial charge in [-0.15, -0.1) is 22.7 Å². The summed E-state index contributed by atoms with van der Waals surface area (Å²) in [6.07, 6.45) is 1.86. The Morgan fingerprint density at radius 3 is 2.57 bits per heavy atom. The molecule has 0 spiro atoms. The molecule has 0 radical (unpaired) electrons. The molecule has 2 fully saturated rings. The summed E-state index contributed by atoms with van der Waals surface area (Å²) in [7, 11) is 0. The van der Waals surface area contributed by atoms with E-state index < -0.39 is 0 Å². The van der Waals surface area contributed by atoms with E-state index in [4.69, 9.17) is 0 Å². The van der Waals surface area contributed by atoms with Gasteiger partial charge in [0.15, 0.2) is 5.13 Å². The molecule has 21 heavy (non-hydrogen) atoms. The Morgan fingerprint density at radius 1 is 1.24 bits per heavy atom. The normalized spacial score (nSPS) is 24.6. The fourth-order valence-electron chi connectivity index (χ4n) is 3.39. The van der Waals surface area contributed by atoms with Gasteiger partial charge in [0.1, 0.15) is 0 Å². The van der Waals surface area contributed by atoms with Crippen LogP contribution in [0.4, 0.5) is 5.13 Å². The maximum atomic E-state index is 12.5.